The molecule has 13 amide bonds. The second-order valence-corrected chi connectivity index (χ2v) is 23.4. The van der Waals surface area contributed by atoms with E-state index in [1.54, 1.807) is 66.7 Å². The van der Waals surface area contributed by atoms with E-state index in [-0.39, 0.29) is 109 Å². The van der Waals surface area contributed by atoms with Crippen molar-refractivity contribution in [3.63, 3.8) is 0 Å². The van der Waals surface area contributed by atoms with Gasteiger partial charge in [0.05, 0.1) is 132 Å². The first-order chi connectivity index (χ1) is 50.6. The van der Waals surface area contributed by atoms with Crippen molar-refractivity contribution in [3.05, 3.63) is 143 Å². The Hall–Kier alpha value is -10.1. The van der Waals surface area contributed by atoms with Crippen molar-refractivity contribution >= 4 is 76.7 Å². The molecule has 0 aliphatic carbocycles. The van der Waals surface area contributed by atoms with Crippen molar-refractivity contribution in [1.82, 2.24) is 52.3 Å². The van der Waals surface area contributed by atoms with Crippen LogP contribution in [0.4, 0.5) is 10.5 Å². The third-order valence-corrected chi connectivity index (χ3v) is 15.6. The fraction of sp³-hybridized carbons (Fsp3) is 0.465. The summed E-state index contributed by atoms with van der Waals surface area (Å²) in [4.78, 5) is 151. The molecule has 4 aromatic carbocycles. The minimum Gasteiger partial charge on any atom is -0.489 e. The van der Waals surface area contributed by atoms with Crippen LogP contribution in [0.2, 0.25) is 0 Å². The molecule has 3 aliphatic heterocycles. The molecule has 0 aromatic heterocycles. The SMILES string of the molecule is O=C(CCN1C(=O)C=CC1=O)NCCOCCOCCOCCOCCOCCOCCOCCOCCC(=O)NCC(=O)NCC(=O)N[C@@H](Cc1ccccc1)C(=O)NCC(=O)NCOCc1ccc(COc2ccc(NC(=O)NCc3ccc4c(c3)CN(C3CCC(=O)NC3=O)C4=O)cc2)cc1. The fourth-order valence-corrected chi connectivity index (χ4v) is 10.1. The van der Waals surface area contributed by atoms with E-state index in [0.29, 0.717) is 109 Å². The number of nitrogens with one attached hydrogen (secondary N) is 9. The molecule has 7 rings (SSSR count). The number of rotatable bonds is 51. The monoisotopic (exact) mass is 1450 g/mol. The van der Waals surface area contributed by atoms with E-state index in [1.807, 2.05) is 30.3 Å². The standard InChI is InChI=1S/C71H91N11O22/c83-60(20-23-81-66(89)18-19-67(81)90)72-22-25-96-27-29-98-31-33-100-35-37-102-39-38-101-36-34-99-32-30-97-28-26-95-24-21-61(84)73-43-63(86)74-45-65(88)79-58(41-50-4-2-1-3-5-50)68(91)75-44-64(87)77-49-103-47-51-6-8-52(9-7-51)48-104-56-13-11-55(12-14-56)78-71(94)76-42-53-10-15-57-54(40-53)46-82(70(57)93)59-16-17-62(85)80-69(59)92/h1-15,18-19,40,58-59H,16-17,20-39,41-49H2,(H,72,83)(H,73,84)(H,74,86)(H,75,91)(H,77,87)(H,79,88)(H2,76,78,94)(H,80,85,92)/t58-,59?/m0/s1. The van der Waals surface area contributed by atoms with E-state index >= 15 is 0 Å². The van der Waals surface area contributed by atoms with Crippen LogP contribution in [0.3, 0.4) is 0 Å². The van der Waals surface area contributed by atoms with Crippen LogP contribution in [0.5, 0.6) is 5.75 Å². The first-order valence-corrected chi connectivity index (χ1v) is 34.1. The Bertz CT molecular complexity index is 3480. The third-order valence-electron chi connectivity index (χ3n) is 15.6. The third kappa shape index (κ3) is 31.2. The molecule has 1 saturated heterocycles. The highest BCUT2D eigenvalue weighted by molar-refractivity contribution is 6.13. The molecule has 3 aliphatic rings. The van der Waals surface area contributed by atoms with Gasteiger partial charge in [0.15, 0.2) is 0 Å². The lowest BCUT2D eigenvalue weighted by Gasteiger charge is -2.29. The quantitative estimate of drug-likeness (QED) is 0.0159. The van der Waals surface area contributed by atoms with Gasteiger partial charge in [-0.2, -0.15) is 0 Å². The number of benzene rings is 4. The number of piperidine rings is 1. The number of nitrogens with zero attached hydrogens (tertiary/aromatic N) is 2. The molecule has 9 N–H and O–H groups in total. The summed E-state index contributed by atoms with van der Waals surface area (Å²) in [6.45, 7) is 5.11. The van der Waals surface area contributed by atoms with Crippen LogP contribution in [0, 0.1) is 0 Å². The van der Waals surface area contributed by atoms with Crippen LogP contribution < -0.4 is 52.6 Å². The van der Waals surface area contributed by atoms with Crippen LogP contribution >= 0.6 is 0 Å². The minimum absolute atomic E-state index is 0.0227. The van der Waals surface area contributed by atoms with Gasteiger partial charge in [-0.05, 0) is 64.6 Å². The molecule has 33 nitrogen and oxygen atoms in total. The van der Waals surface area contributed by atoms with Crippen LogP contribution in [0.25, 0.3) is 0 Å². The van der Waals surface area contributed by atoms with E-state index in [2.05, 4.69) is 47.9 Å². The molecule has 33 heteroatoms. The van der Waals surface area contributed by atoms with Gasteiger partial charge in [-0.1, -0.05) is 66.7 Å². The average Bonchev–Trinajstić information content (AvgIpc) is 1.63. The summed E-state index contributed by atoms with van der Waals surface area (Å²) in [6, 6.07) is 26.2. The number of fused-ring (bicyclic) bond motifs is 1. The summed E-state index contributed by atoms with van der Waals surface area (Å²) < 4.78 is 55.3. The van der Waals surface area contributed by atoms with Crippen molar-refractivity contribution in [2.45, 2.75) is 70.5 Å². The largest absolute Gasteiger partial charge is 0.489 e. The van der Waals surface area contributed by atoms with E-state index in [4.69, 9.17) is 47.4 Å². The van der Waals surface area contributed by atoms with E-state index in [9.17, 15) is 57.5 Å². The Morgan fingerprint density at radius 2 is 1.04 bits per heavy atom. The average molecular weight is 1450 g/mol. The number of hydrogen-bond acceptors (Lipinski definition) is 22. The van der Waals surface area contributed by atoms with E-state index in [0.717, 1.165) is 32.7 Å². The fourth-order valence-electron chi connectivity index (χ4n) is 10.1. The maximum atomic E-state index is 13.3. The highest BCUT2D eigenvalue weighted by Crippen LogP contribution is 2.28. The second kappa shape index (κ2) is 46.5. The van der Waals surface area contributed by atoms with Gasteiger partial charge in [-0.3, -0.25) is 63.0 Å². The molecule has 1 unspecified atom stereocenters. The number of ether oxygens (including phenoxy) is 10. The summed E-state index contributed by atoms with van der Waals surface area (Å²) in [5.74, 6) is -4.60. The van der Waals surface area contributed by atoms with Crippen molar-refractivity contribution in [3.8, 4) is 5.75 Å². The lowest BCUT2D eigenvalue weighted by Crippen LogP contribution is -2.52. The molecule has 0 bridgehead atoms. The summed E-state index contributed by atoms with van der Waals surface area (Å²) in [7, 11) is 0. The Kier molecular flexibility index (Phi) is 36.3. The van der Waals surface area contributed by atoms with Gasteiger partial charge in [-0.25, -0.2) is 4.79 Å². The van der Waals surface area contributed by atoms with Crippen LogP contribution in [-0.4, -0.2) is 238 Å². The maximum absolute atomic E-state index is 13.3. The Labute approximate surface area is 601 Å². The lowest BCUT2D eigenvalue weighted by molar-refractivity contribution is -0.138. The smallest absolute Gasteiger partial charge is 0.319 e. The number of amides is 13. The van der Waals surface area contributed by atoms with Crippen LogP contribution in [0.15, 0.2) is 109 Å². The maximum Gasteiger partial charge on any atom is 0.319 e. The number of hydrogen-bond donors (Lipinski definition) is 9. The Morgan fingerprint density at radius 1 is 0.500 bits per heavy atom. The molecule has 562 valence electrons. The zero-order chi connectivity index (χ0) is 73.9. The highest BCUT2D eigenvalue weighted by Gasteiger charge is 2.39. The number of carbonyl (C=O) groups excluding carboxylic acids is 12. The predicted molar refractivity (Wildman–Crippen MR) is 369 cm³/mol. The number of anilines is 1. The van der Waals surface area contributed by atoms with Crippen LogP contribution in [0.1, 0.15) is 63.9 Å². The summed E-state index contributed by atoms with van der Waals surface area (Å²) in [5, 5.41) is 23.2. The topological polar surface area (TPSA) is 412 Å². The molecule has 2 atom stereocenters. The molecule has 0 saturated carbocycles. The highest BCUT2D eigenvalue weighted by atomic mass is 16.6. The zero-order valence-corrected chi connectivity index (χ0v) is 57.8. The van der Waals surface area contributed by atoms with E-state index < -0.39 is 85.0 Å². The Morgan fingerprint density at radius 3 is 1.65 bits per heavy atom. The van der Waals surface area contributed by atoms with Gasteiger partial charge in [0.1, 0.15) is 31.2 Å². The lowest BCUT2D eigenvalue weighted by atomic mass is 10.0. The summed E-state index contributed by atoms with van der Waals surface area (Å²) in [6.07, 6.45) is 2.88. The molecule has 0 radical (unpaired) electrons. The molecule has 1 fully saturated rings. The van der Waals surface area contributed by atoms with Gasteiger partial charge in [0.2, 0.25) is 47.3 Å². The Balaban J connectivity index is 0.624. The first kappa shape index (κ1) is 81.2. The minimum atomic E-state index is -1.10. The van der Waals surface area contributed by atoms with Gasteiger partial charge >= 0.3 is 6.03 Å². The second-order valence-electron chi connectivity index (χ2n) is 23.4. The summed E-state index contributed by atoms with van der Waals surface area (Å²) >= 11 is 0. The van der Waals surface area contributed by atoms with Crippen LogP contribution in [-0.2, 0) is 123 Å². The van der Waals surface area contributed by atoms with Crippen molar-refractivity contribution in [1.29, 1.82) is 0 Å². The van der Waals surface area contributed by atoms with Gasteiger partial charge < -0.3 is 94.8 Å². The number of carbonyl (C=O) groups is 12. The molecular formula is C71H91N11O22. The van der Waals surface area contributed by atoms with Gasteiger partial charge in [-0.15, -0.1) is 0 Å². The normalized spacial score (nSPS) is 14.2. The molecule has 3 heterocycles. The van der Waals surface area contributed by atoms with Crippen molar-refractivity contribution in [2.75, 3.05) is 150 Å². The molecule has 104 heavy (non-hydrogen) atoms. The zero-order valence-electron chi connectivity index (χ0n) is 57.8. The first-order valence-electron chi connectivity index (χ1n) is 34.1. The van der Waals surface area contributed by atoms with Crippen molar-refractivity contribution in [2.24, 2.45) is 0 Å². The predicted octanol–water partition coefficient (Wildman–Crippen LogP) is -0.0311. The van der Waals surface area contributed by atoms with E-state index in [1.165, 1.54) is 17.1 Å². The number of imide groups is 2. The van der Waals surface area contributed by atoms with Gasteiger partial charge in [0.25, 0.3) is 17.7 Å². The number of urea groups is 1. The molecule has 4 aromatic rings. The molecule has 0 spiro atoms. The summed E-state index contributed by atoms with van der Waals surface area (Å²) in [5.41, 5.74) is 4.95. The van der Waals surface area contributed by atoms with Gasteiger partial charge in [0, 0.05) is 75.3 Å². The van der Waals surface area contributed by atoms with Crippen molar-refractivity contribution < 1.29 is 105 Å². The molecular weight excluding hydrogens is 1360 g/mol.